The van der Waals surface area contributed by atoms with Crippen molar-refractivity contribution in [3.63, 3.8) is 0 Å². The molecule has 2 rings (SSSR count). The zero-order chi connectivity index (χ0) is 16.1. The van der Waals surface area contributed by atoms with Crippen molar-refractivity contribution in [1.29, 1.82) is 0 Å². The Labute approximate surface area is 133 Å². The van der Waals surface area contributed by atoms with Crippen molar-refractivity contribution in [2.45, 2.75) is 43.5 Å². The van der Waals surface area contributed by atoms with Crippen LogP contribution in [0.25, 0.3) is 0 Å². The molecule has 0 aliphatic heterocycles. The Morgan fingerprint density at radius 2 is 1.91 bits per heavy atom. The largest absolute Gasteiger partial charge is 0.478 e. The van der Waals surface area contributed by atoms with Gasteiger partial charge in [-0.05, 0) is 30.5 Å². The topological polar surface area (TPSA) is 94.0 Å². The van der Waals surface area contributed by atoms with E-state index in [-0.39, 0.29) is 5.56 Å². The first-order valence-corrected chi connectivity index (χ1v) is 8.20. The summed E-state index contributed by atoms with van der Waals surface area (Å²) in [4.78, 5) is 10.8. The number of nitrogens with zero attached hydrogens (tertiary/aromatic N) is 3. The van der Waals surface area contributed by atoms with Gasteiger partial charge < -0.3 is 10.9 Å². The molecule has 0 unspecified atom stereocenters. The Balaban J connectivity index is 2.04. The number of nitrogen functional groups attached to an aromatic ring is 1. The summed E-state index contributed by atoms with van der Waals surface area (Å²) in [5.74, 6) is 6.96. The molecule has 0 fully saturated rings. The lowest BCUT2D eigenvalue weighted by Crippen LogP contribution is -2.16. The highest BCUT2D eigenvalue weighted by Crippen LogP contribution is 2.25. The number of hydrogen-bond acceptors (Lipinski definition) is 5. The molecule has 0 aliphatic rings. The van der Waals surface area contributed by atoms with Crippen LogP contribution >= 0.6 is 11.8 Å². The fourth-order valence-corrected chi connectivity index (χ4v) is 3.03. The van der Waals surface area contributed by atoms with Crippen LogP contribution in [0.1, 0.15) is 54.4 Å². The molecule has 0 bridgehead atoms. The fourth-order valence-electron chi connectivity index (χ4n) is 2.21. The standard InChI is InChI=1S/C15H20N4O2S/c1-3-11(4-2)13-17-18-15(19(13)16)22-9-10-5-7-12(8-6-10)14(20)21/h5-8,11H,3-4,9,16H2,1-2H3,(H,20,21). The maximum atomic E-state index is 10.8. The van der Waals surface area contributed by atoms with Crippen LogP contribution in [0.5, 0.6) is 0 Å². The summed E-state index contributed by atoms with van der Waals surface area (Å²) in [6, 6.07) is 6.80. The molecular formula is C15H20N4O2S. The first kappa shape index (κ1) is 16.4. The predicted molar refractivity (Wildman–Crippen MR) is 86.5 cm³/mol. The Morgan fingerprint density at radius 3 is 2.45 bits per heavy atom. The second-order valence-corrected chi connectivity index (χ2v) is 5.96. The average molecular weight is 320 g/mol. The summed E-state index contributed by atoms with van der Waals surface area (Å²) in [7, 11) is 0. The molecule has 1 heterocycles. The molecule has 22 heavy (non-hydrogen) atoms. The van der Waals surface area contributed by atoms with E-state index in [9.17, 15) is 4.79 Å². The summed E-state index contributed by atoms with van der Waals surface area (Å²) in [5.41, 5.74) is 1.30. The van der Waals surface area contributed by atoms with Crippen LogP contribution in [0.4, 0.5) is 0 Å². The van der Waals surface area contributed by atoms with Crippen molar-refractivity contribution in [3.8, 4) is 0 Å². The van der Waals surface area contributed by atoms with E-state index in [1.54, 1.807) is 28.9 Å². The van der Waals surface area contributed by atoms with E-state index >= 15 is 0 Å². The van der Waals surface area contributed by atoms with Gasteiger partial charge in [0.25, 0.3) is 0 Å². The molecule has 0 aliphatic carbocycles. The van der Waals surface area contributed by atoms with Crippen molar-refractivity contribution in [1.82, 2.24) is 14.9 Å². The van der Waals surface area contributed by atoms with Gasteiger partial charge in [-0.15, -0.1) is 10.2 Å². The van der Waals surface area contributed by atoms with E-state index in [0.29, 0.717) is 16.8 Å². The fraction of sp³-hybridized carbons (Fsp3) is 0.400. The van der Waals surface area contributed by atoms with Crippen LogP contribution in [0.15, 0.2) is 29.4 Å². The van der Waals surface area contributed by atoms with E-state index < -0.39 is 5.97 Å². The Bertz CT molecular complexity index is 635. The quantitative estimate of drug-likeness (QED) is 0.602. The van der Waals surface area contributed by atoms with E-state index in [0.717, 1.165) is 24.2 Å². The number of thioether (sulfide) groups is 1. The number of carboxylic acid groups (broad SMARTS) is 1. The number of hydrogen-bond donors (Lipinski definition) is 2. The van der Waals surface area contributed by atoms with Crippen LogP contribution in [0.2, 0.25) is 0 Å². The van der Waals surface area contributed by atoms with Gasteiger partial charge in [-0.2, -0.15) is 0 Å². The molecule has 6 nitrogen and oxygen atoms in total. The lowest BCUT2D eigenvalue weighted by molar-refractivity contribution is 0.0697. The molecule has 118 valence electrons. The van der Waals surface area contributed by atoms with Crippen LogP contribution in [-0.2, 0) is 5.75 Å². The molecular weight excluding hydrogens is 300 g/mol. The number of rotatable bonds is 7. The van der Waals surface area contributed by atoms with Crippen LogP contribution in [0, 0.1) is 0 Å². The maximum Gasteiger partial charge on any atom is 0.335 e. The molecule has 0 atom stereocenters. The summed E-state index contributed by atoms with van der Waals surface area (Å²) < 4.78 is 1.56. The molecule has 0 spiro atoms. The van der Waals surface area contributed by atoms with Crippen LogP contribution in [0.3, 0.4) is 0 Å². The van der Waals surface area contributed by atoms with Gasteiger partial charge in [0, 0.05) is 11.7 Å². The molecule has 0 saturated heterocycles. The molecule has 1 aromatic carbocycles. The molecule has 2 aromatic rings. The van der Waals surface area contributed by atoms with Crippen molar-refractivity contribution in [2.24, 2.45) is 0 Å². The minimum atomic E-state index is -0.921. The first-order chi connectivity index (χ1) is 10.6. The minimum absolute atomic E-state index is 0.284. The highest BCUT2D eigenvalue weighted by atomic mass is 32.2. The number of aromatic carboxylic acids is 1. The van der Waals surface area contributed by atoms with Gasteiger partial charge in [-0.1, -0.05) is 37.7 Å². The molecule has 0 radical (unpaired) electrons. The zero-order valence-electron chi connectivity index (χ0n) is 12.7. The summed E-state index contributed by atoms with van der Waals surface area (Å²) in [6.45, 7) is 4.22. The summed E-state index contributed by atoms with van der Waals surface area (Å²) in [5, 5.41) is 17.9. The lowest BCUT2D eigenvalue weighted by Gasteiger charge is -2.11. The van der Waals surface area contributed by atoms with Crippen LogP contribution < -0.4 is 5.84 Å². The zero-order valence-corrected chi connectivity index (χ0v) is 13.5. The third kappa shape index (κ3) is 3.59. The highest BCUT2D eigenvalue weighted by molar-refractivity contribution is 7.98. The van der Waals surface area contributed by atoms with E-state index in [1.165, 1.54) is 11.8 Å². The number of nitrogens with two attached hydrogens (primary N) is 1. The van der Waals surface area contributed by atoms with E-state index in [1.807, 2.05) is 0 Å². The van der Waals surface area contributed by atoms with Gasteiger partial charge in [-0.25, -0.2) is 9.47 Å². The van der Waals surface area contributed by atoms with Crippen molar-refractivity contribution in [2.75, 3.05) is 5.84 Å². The smallest absolute Gasteiger partial charge is 0.335 e. The van der Waals surface area contributed by atoms with Gasteiger partial charge in [0.15, 0.2) is 5.82 Å². The normalized spacial score (nSPS) is 11.0. The van der Waals surface area contributed by atoms with Gasteiger partial charge in [0.1, 0.15) is 0 Å². The number of carbonyl (C=O) groups is 1. The molecule has 0 amide bonds. The van der Waals surface area contributed by atoms with Gasteiger partial charge >= 0.3 is 5.97 Å². The van der Waals surface area contributed by atoms with Gasteiger partial charge in [0.2, 0.25) is 5.16 Å². The monoisotopic (exact) mass is 320 g/mol. The van der Waals surface area contributed by atoms with Crippen molar-refractivity contribution < 1.29 is 9.90 Å². The second kappa shape index (κ2) is 7.31. The van der Waals surface area contributed by atoms with E-state index in [4.69, 9.17) is 10.9 Å². The predicted octanol–water partition coefficient (Wildman–Crippen LogP) is 2.89. The minimum Gasteiger partial charge on any atom is -0.478 e. The Hall–Kier alpha value is -2.02. The van der Waals surface area contributed by atoms with Gasteiger partial charge in [-0.3, -0.25) is 0 Å². The molecule has 7 heteroatoms. The number of carboxylic acids is 1. The summed E-state index contributed by atoms with van der Waals surface area (Å²) >= 11 is 1.49. The number of benzene rings is 1. The number of aromatic nitrogens is 3. The van der Waals surface area contributed by atoms with Crippen molar-refractivity contribution >= 4 is 17.7 Å². The van der Waals surface area contributed by atoms with Crippen molar-refractivity contribution in [3.05, 3.63) is 41.2 Å². The third-order valence-electron chi connectivity index (χ3n) is 3.61. The maximum absolute atomic E-state index is 10.8. The summed E-state index contributed by atoms with van der Waals surface area (Å²) in [6.07, 6.45) is 1.96. The highest BCUT2D eigenvalue weighted by Gasteiger charge is 2.17. The average Bonchev–Trinajstić information content (AvgIpc) is 2.88. The Morgan fingerprint density at radius 1 is 1.27 bits per heavy atom. The molecule has 1 aromatic heterocycles. The SMILES string of the molecule is CCC(CC)c1nnc(SCc2ccc(C(=O)O)cc2)n1N. The van der Waals surface area contributed by atoms with E-state index in [2.05, 4.69) is 24.0 Å². The molecule has 3 N–H and O–H groups in total. The first-order valence-electron chi connectivity index (χ1n) is 7.22. The third-order valence-corrected chi connectivity index (χ3v) is 4.62. The lowest BCUT2D eigenvalue weighted by atomic mass is 10.0. The molecule has 0 saturated carbocycles. The Kier molecular flexibility index (Phi) is 5.43. The van der Waals surface area contributed by atoms with Gasteiger partial charge in [0.05, 0.1) is 5.56 Å². The van der Waals surface area contributed by atoms with Crippen LogP contribution in [-0.4, -0.2) is 25.9 Å². The second-order valence-electron chi connectivity index (χ2n) is 5.01.